The van der Waals surface area contributed by atoms with Gasteiger partial charge in [0.25, 0.3) is 0 Å². The fourth-order valence-electron chi connectivity index (χ4n) is 2.68. The van der Waals surface area contributed by atoms with Gasteiger partial charge in [-0.05, 0) is 30.3 Å². The van der Waals surface area contributed by atoms with Gasteiger partial charge in [-0.1, -0.05) is 32.0 Å². The lowest BCUT2D eigenvalue weighted by Crippen LogP contribution is -3.06. The first-order valence-electron chi connectivity index (χ1n) is 9.46. The Hall–Kier alpha value is -2.45. The van der Waals surface area contributed by atoms with Crippen molar-refractivity contribution in [2.75, 3.05) is 27.2 Å². The number of rotatable bonds is 9. The van der Waals surface area contributed by atoms with Crippen LogP contribution in [0.5, 0.6) is 5.75 Å². The quantitative estimate of drug-likeness (QED) is 0.624. The second kappa shape index (κ2) is 9.84. The molecule has 0 aliphatic carbocycles. The van der Waals surface area contributed by atoms with Crippen molar-refractivity contribution in [1.29, 1.82) is 0 Å². The molecule has 0 atom stereocenters. The van der Waals surface area contributed by atoms with E-state index in [9.17, 15) is 17.6 Å². The molecule has 6 nitrogen and oxygen atoms in total. The summed E-state index contributed by atoms with van der Waals surface area (Å²) in [6.07, 6.45) is 0. The van der Waals surface area contributed by atoms with Crippen molar-refractivity contribution in [1.82, 2.24) is 4.90 Å². The van der Waals surface area contributed by atoms with Crippen LogP contribution in [0.3, 0.4) is 0 Å². The normalized spacial score (nSPS) is 11.7. The third-order valence-corrected chi connectivity index (χ3v) is 5.57. The molecule has 1 amide bonds. The number of carbonyl (C=O) groups excluding carboxylic acids is 1. The van der Waals surface area contributed by atoms with E-state index in [-0.39, 0.29) is 29.0 Å². The van der Waals surface area contributed by atoms with Crippen LogP contribution in [-0.2, 0) is 21.5 Å². The molecule has 2 aromatic carbocycles. The molecule has 0 saturated heterocycles. The highest BCUT2D eigenvalue weighted by atomic mass is 32.2. The number of likely N-dealkylation sites (N-methyl/N-ethyl adjacent to an activating group) is 1. The number of nitrogens with one attached hydrogen (secondary N) is 1. The van der Waals surface area contributed by atoms with Crippen molar-refractivity contribution in [2.45, 2.75) is 25.3 Å². The third-order valence-electron chi connectivity index (χ3n) is 4.32. The molecular weight excluding hydrogens is 395 g/mol. The van der Waals surface area contributed by atoms with E-state index in [0.717, 1.165) is 30.8 Å². The molecule has 1 N–H and O–H groups in total. The predicted octanol–water partition coefficient (Wildman–Crippen LogP) is 1.72. The molecule has 29 heavy (non-hydrogen) atoms. The maximum Gasteiger partial charge on any atom is 0.339 e. The third kappa shape index (κ3) is 6.54. The molecule has 2 aromatic rings. The van der Waals surface area contributed by atoms with Crippen LogP contribution in [0.1, 0.15) is 19.4 Å². The van der Waals surface area contributed by atoms with E-state index in [0.29, 0.717) is 12.1 Å². The summed E-state index contributed by atoms with van der Waals surface area (Å²) in [5, 5.41) is 0. The summed E-state index contributed by atoms with van der Waals surface area (Å²) in [6.45, 7) is 5.20. The Bertz CT molecular complexity index is 928. The predicted molar refractivity (Wildman–Crippen MR) is 109 cm³/mol. The summed E-state index contributed by atoms with van der Waals surface area (Å²) in [5.74, 6) is -0.573. The molecule has 2 rings (SSSR count). The average molecular weight is 424 g/mol. The van der Waals surface area contributed by atoms with Gasteiger partial charge in [-0.25, -0.2) is 4.39 Å². The van der Waals surface area contributed by atoms with Crippen LogP contribution in [0.2, 0.25) is 0 Å². The van der Waals surface area contributed by atoms with Crippen LogP contribution in [0.4, 0.5) is 4.39 Å². The average Bonchev–Trinajstić information content (AvgIpc) is 2.65. The highest BCUT2D eigenvalue weighted by molar-refractivity contribution is 7.87. The molecule has 0 bridgehead atoms. The fourth-order valence-corrected chi connectivity index (χ4v) is 3.64. The highest BCUT2D eigenvalue weighted by Gasteiger charge is 2.22. The first kappa shape index (κ1) is 22.8. The van der Waals surface area contributed by atoms with E-state index in [4.69, 9.17) is 4.18 Å². The summed E-state index contributed by atoms with van der Waals surface area (Å²) in [4.78, 5) is 15.4. The minimum atomic E-state index is -4.12. The molecule has 0 spiro atoms. The lowest BCUT2D eigenvalue weighted by atomic mass is 10.1. The molecule has 0 radical (unpaired) electrons. The number of hydrogen-bond donors (Lipinski definition) is 1. The van der Waals surface area contributed by atoms with Crippen molar-refractivity contribution in [2.24, 2.45) is 5.92 Å². The first-order valence-corrected chi connectivity index (χ1v) is 10.9. The van der Waals surface area contributed by atoms with Crippen LogP contribution in [0.25, 0.3) is 0 Å². The molecule has 0 aliphatic heterocycles. The molecule has 0 aromatic heterocycles. The van der Waals surface area contributed by atoms with Gasteiger partial charge >= 0.3 is 10.1 Å². The van der Waals surface area contributed by atoms with Crippen molar-refractivity contribution in [3.05, 3.63) is 59.9 Å². The van der Waals surface area contributed by atoms with E-state index >= 15 is 0 Å². The highest BCUT2D eigenvalue weighted by Crippen LogP contribution is 2.25. The van der Waals surface area contributed by atoms with E-state index in [1.807, 2.05) is 27.9 Å². The number of quaternary nitrogens is 1. The Morgan fingerprint density at radius 3 is 2.31 bits per heavy atom. The minimum Gasteiger partial charge on any atom is -0.379 e. The van der Waals surface area contributed by atoms with Gasteiger partial charge in [0.05, 0.1) is 27.2 Å². The molecule has 158 valence electrons. The zero-order valence-electron chi connectivity index (χ0n) is 17.2. The van der Waals surface area contributed by atoms with E-state index in [1.165, 1.54) is 4.90 Å². The monoisotopic (exact) mass is 423 g/mol. The second-order valence-electron chi connectivity index (χ2n) is 7.47. The Morgan fingerprint density at radius 1 is 1.10 bits per heavy atom. The van der Waals surface area contributed by atoms with Crippen molar-refractivity contribution < 1.29 is 26.7 Å². The van der Waals surface area contributed by atoms with E-state index < -0.39 is 15.9 Å². The molecule has 0 heterocycles. The Morgan fingerprint density at radius 2 is 1.72 bits per heavy atom. The first-order chi connectivity index (χ1) is 13.6. The SMILES string of the molecule is CC(C)C(=O)N(CC[NH+](C)C)Cc1ccccc1OS(=O)(=O)c1ccc(F)cc1. The summed E-state index contributed by atoms with van der Waals surface area (Å²) >= 11 is 0. The molecule has 0 aliphatic rings. The zero-order chi connectivity index (χ0) is 21.6. The standard InChI is InChI=1S/C21H27FN2O4S/c1-16(2)21(25)24(14-13-23(3)4)15-17-7-5-6-8-20(17)28-29(26,27)19-11-9-18(22)10-12-19/h5-12,16H,13-15H2,1-4H3/p+1. The Kier molecular flexibility index (Phi) is 7.75. The molecule has 0 fully saturated rings. The number of para-hydroxylation sites is 1. The van der Waals surface area contributed by atoms with E-state index in [2.05, 4.69) is 0 Å². The van der Waals surface area contributed by atoms with Gasteiger partial charge in [0, 0.05) is 18.0 Å². The number of amides is 1. The number of benzene rings is 2. The number of halogens is 1. The van der Waals surface area contributed by atoms with Gasteiger partial charge in [-0.3, -0.25) is 4.79 Å². The molecule has 0 saturated carbocycles. The van der Waals surface area contributed by atoms with E-state index in [1.54, 1.807) is 29.2 Å². The van der Waals surface area contributed by atoms with Crippen LogP contribution in [0.15, 0.2) is 53.4 Å². The van der Waals surface area contributed by atoms with Gasteiger partial charge in [0.2, 0.25) is 5.91 Å². The van der Waals surface area contributed by atoms with Crippen LogP contribution >= 0.6 is 0 Å². The van der Waals surface area contributed by atoms with Crippen LogP contribution in [-0.4, -0.2) is 46.4 Å². The second-order valence-corrected chi connectivity index (χ2v) is 9.02. The number of hydrogen-bond acceptors (Lipinski definition) is 4. The number of nitrogens with zero attached hydrogens (tertiary/aromatic N) is 1. The van der Waals surface area contributed by atoms with Crippen LogP contribution in [0, 0.1) is 11.7 Å². The summed E-state index contributed by atoms with van der Waals surface area (Å²) < 4.78 is 43.6. The topological polar surface area (TPSA) is 68.1 Å². The summed E-state index contributed by atoms with van der Waals surface area (Å²) in [7, 11) is -0.116. The van der Waals surface area contributed by atoms with Gasteiger partial charge in [0.15, 0.2) is 0 Å². The fraction of sp³-hybridized carbons (Fsp3) is 0.381. The lowest BCUT2D eigenvalue weighted by molar-refractivity contribution is -0.857. The van der Waals surface area contributed by atoms with Crippen molar-refractivity contribution in [3.63, 3.8) is 0 Å². The molecule has 0 unspecified atom stereocenters. The molecular formula is C21H28FN2O4S+. The maximum absolute atomic E-state index is 13.1. The zero-order valence-corrected chi connectivity index (χ0v) is 18.0. The van der Waals surface area contributed by atoms with Gasteiger partial charge in [-0.2, -0.15) is 8.42 Å². The molecule has 8 heteroatoms. The summed E-state index contributed by atoms with van der Waals surface area (Å²) in [6, 6.07) is 11.1. The summed E-state index contributed by atoms with van der Waals surface area (Å²) in [5.41, 5.74) is 0.584. The van der Waals surface area contributed by atoms with Gasteiger partial charge in [-0.15, -0.1) is 0 Å². The largest absolute Gasteiger partial charge is 0.379 e. The van der Waals surface area contributed by atoms with Crippen molar-refractivity contribution in [3.8, 4) is 5.75 Å². The van der Waals surface area contributed by atoms with Gasteiger partial charge in [0.1, 0.15) is 16.5 Å². The van der Waals surface area contributed by atoms with Gasteiger partial charge < -0.3 is 14.0 Å². The lowest BCUT2D eigenvalue weighted by Gasteiger charge is -2.26. The van der Waals surface area contributed by atoms with Crippen molar-refractivity contribution >= 4 is 16.0 Å². The van der Waals surface area contributed by atoms with Crippen LogP contribution < -0.4 is 9.08 Å². The smallest absolute Gasteiger partial charge is 0.339 e. The number of carbonyl (C=O) groups is 1. The Balaban J connectivity index is 2.28. The maximum atomic E-state index is 13.1. The Labute approximate surface area is 172 Å². The minimum absolute atomic E-state index is 0.0116.